The highest BCUT2D eigenvalue weighted by molar-refractivity contribution is 5.96. The number of Topliss-reactive ketones (excluding diaryl/α,β-unsaturated/α-hetero) is 1. The van der Waals surface area contributed by atoms with Gasteiger partial charge in [0.05, 0.1) is 5.76 Å². The molecule has 1 aliphatic rings. The topological polar surface area (TPSA) is 77.8 Å². The molecule has 4 heteroatoms. The van der Waals surface area contributed by atoms with E-state index in [0.29, 0.717) is 24.8 Å². The van der Waals surface area contributed by atoms with E-state index < -0.39 is 0 Å². The minimum Gasteiger partial charge on any atom is -0.512 e. The van der Waals surface area contributed by atoms with E-state index in [-0.39, 0.29) is 29.0 Å². The number of phenolic OH excluding ortho intramolecular Hbond substituents is 1. The van der Waals surface area contributed by atoms with Gasteiger partial charge in [-0.25, -0.2) is 0 Å². The van der Waals surface area contributed by atoms with Crippen LogP contribution in [0.15, 0.2) is 47.4 Å². The molecule has 4 nitrogen and oxygen atoms in total. The fourth-order valence-corrected chi connectivity index (χ4v) is 2.21. The average Bonchev–Trinajstić information content (AvgIpc) is 2.42. The number of carbonyl (C=O) groups is 1. The van der Waals surface area contributed by atoms with Crippen molar-refractivity contribution in [3.8, 4) is 5.75 Å². The third kappa shape index (κ3) is 3.20. The lowest BCUT2D eigenvalue weighted by molar-refractivity contribution is -0.116. The van der Waals surface area contributed by atoms with Crippen LogP contribution in [0.2, 0.25) is 0 Å². The Morgan fingerprint density at radius 1 is 1.20 bits per heavy atom. The second kappa shape index (κ2) is 5.82. The molecule has 3 N–H and O–H groups in total. The van der Waals surface area contributed by atoms with Crippen LogP contribution in [0.5, 0.6) is 5.75 Å². The lowest BCUT2D eigenvalue weighted by Gasteiger charge is -2.18. The normalized spacial score (nSPS) is 18.9. The number of aliphatic hydroxyl groups excluding tert-OH is 2. The highest BCUT2D eigenvalue weighted by Gasteiger charge is 2.23. The molecule has 106 valence electrons. The maximum Gasteiger partial charge on any atom is 0.162 e. The number of benzene rings is 1. The number of allylic oxidation sites excluding steroid dienone is 3. The number of aliphatic hydroxyl groups is 2. The van der Waals surface area contributed by atoms with Gasteiger partial charge in [-0.3, -0.25) is 4.79 Å². The fourth-order valence-electron chi connectivity index (χ4n) is 2.21. The summed E-state index contributed by atoms with van der Waals surface area (Å²) in [6, 6.07) is 6.71. The van der Waals surface area contributed by atoms with Crippen LogP contribution in [0.1, 0.15) is 25.3 Å². The number of carbonyl (C=O) groups excluding carboxylic acids is 1. The van der Waals surface area contributed by atoms with Gasteiger partial charge in [0.25, 0.3) is 0 Å². The SMILES string of the molecule is CC1CC(C(=O)CCc2ccc(O)cc2)=C(O)C=C1O. The van der Waals surface area contributed by atoms with Gasteiger partial charge in [-0.2, -0.15) is 0 Å². The molecule has 0 aromatic heterocycles. The molecule has 0 saturated carbocycles. The highest BCUT2D eigenvalue weighted by atomic mass is 16.3. The number of aryl methyl sites for hydroxylation is 1. The van der Waals surface area contributed by atoms with Gasteiger partial charge < -0.3 is 15.3 Å². The molecule has 1 atom stereocenters. The Labute approximate surface area is 117 Å². The summed E-state index contributed by atoms with van der Waals surface area (Å²) >= 11 is 0. The van der Waals surface area contributed by atoms with Crippen molar-refractivity contribution in [2.45, 2.75) is 26.2 Å². The summed E-state index contributed by atoms with van der Waals surface area (Å²) in [7, 11) is 0. The Morgan fingerprint density at radius 3 is 2.50 bits per heavy atom. The first-order valence-electron chi connectivity index (χ1n) is 6.61. The molecule has 0 amide bonds. The molecule has 20 heavy (non-hydrogen) atoms. The van der Waals surface area contributed by atoms with Crippen molar-refractivity contribution < 1.29 is 20.1 Å². The number of phenols is 1. The molecule has 0 spiro atoms. The molecule has 0 heterocycles. The zero-order valence-electron chi connectivity index (χ0n) is 11.3. The number of hydrogen-bond donors (Lipinski definition) is 3. The van der Waals surface area contributed by atoms with Gasteiger partial charge in [-0.15, -0.1) is 0 Å². The first-order valence-corrected chi connectivity index (χ1v) is 6.61. The van der Waals surface area contributed by atoms with Gasteiger partial charge >= 0.3 is 0 Å². The van der Waals surface area contributed by atoms with Gasteiger partial charge in [0.2, 0.25) is 0 Å². The predicted molar refractivity (Wildman–Crippen MR) is 75.6 cm³/mol. The van der Waals surface area contributed by atoms with Crippen LogP contribution in [0.4, 0.5) is 0 Å². The Balaban J connectivity index is 2.02. The van der Waals surface area contributed by atoms with E-state index in [1.54, 1.807) is 24.3 Å². The summed E-state index contributed by atoms with van der Waals surface area (Å²) < 4.78 is 0. The number of ketones is 1. The Bertz CT molecular complexity index is 567. The van der Waals surface area contributed by atoms with E-state index in [1.165, 1.54) is 6.08 Å². The average molecular weight is 274 g/mol. The molecule has 1 aliphatic carbocycles. The van der Waals surface area contributed by atoms with E-state index in [0.717, 1.165) is 5.56 Å². The zero-order valence-corrected chi connectivity index (χ0v) is 11.3. The number of rotatable bonds is 4. The zero-order chi connectivity index (χ0) is 14.7. The highest BCUT2D eigenvalue weighted by Crippen LogP contribution is 2.28. The molecule has 0 fully saturated rings. The molecule has 1 unspecified atom stereocenters. The van der Waals surface area contributed by atoms with Crippen LogP contribution < -0.4 is 0 Å². The summed E-state index contributed by atoms with van der Waals surface area (Å²) in [5.41, 5.74) is 1.34. The van der Waals surface area contributed by atoms with Gasteiger partial charge in [0.15, 0.2) is 5.78 Å². The van der Waals surface area contributed by atoms with Crippen LogP contribution in [-0.4, -0.2) is 21.1 Å². The van der Waals surface area contributed by atoms with Crippen molar-refractivity contribution in [3.05, 3.63) is 53.0 Å². The predicted octanol–water partition coefficient (Wildman–Crippen LogP) is 3.19. The molecular formula is C16H18O4. The Kier molecular flexibility index (Phi) is 4.13. The van der Waals surface area contributed by atoms with Crippen LogP contribution in [0.25, 0.3) is 0 Å². The minimum atomic E-state index is -0.140. The summed E-state index contributed by atoms with van der Waals surface area (Å²) in [4.78, 5) is 12.1. The first kappa shape index (κ1) is 14.2. The fraction of sp³-hybridized carbons (Fsp3) is 0.312. The number of aromatic hydroxyl groups is 1. The molecule has 0 saturated heterocycles. The second-order valence-corrected chi connectivity index (χ2v) is 5.13. The van der Waals surface area contributed by atoms with Crippen LogP contribution in [-0.2, 0) is 11.2 Å². The van der Waals surface area contributed by atoms with Crippen molar-refractivity contribution in [3.63, 3.8) is 0 Å². The van der Waals surface area contributed by atoms with E-state index in [1.807, 2.05) is 6.92 Å². The summed E-state index contributed by atoms with van der Waals surface area (Å²) in [6.07, 6.45) is 2.47. The van der Waals surface area contributed by atoms with Crippen molar-refractivity contribution in [1.82, 2.24) is 0 Å². The van der Waals surface area contributed by atoms with E-state index >= 15 is 0 Å². The Hall–Kier alpha value is -2.23. The summed E-state index contributed by atoms with van der Waals surface area (Å²) in [6.45, 7) is 1.81. The molecular weight excluding hydrogens is 256 g/mol. The third-order valence-corrected chi connectivity index (χ3v) is 3.52. The van der Waals surface area contributed by atoms with Crippen LogP contribution in [0.3, 0.4) is 0 Å². The molecule has 0 aliphatic heterocycles. The third-order valence-electron chi connectivity index (χ3n) is 3.52. The quantitative estimate of drug-likeness (QED) is 0.788. The van der Waals surface area contributed by atoms with E-state index in [9.17, 15) is 20.1 Å². The van der Waals surface area contributed by atoms with Crippen molar-refractivity contribution >= 4 is 5.78 Å². The monoisotopic (exact) mass is 274 g/mol. The van der Waals surface area contributed by atoms with Gasteiger partial charge in [0.1, 0.15) is 11.5 Å². The van der Waals surface area contributed by atoms with E-state index in [2.05, 4.69) is 0 Å². The summed E-state index contributed by atoms with van der Waals surface area (Å²) in [5.74, 6) is -0.0688. The number of hydrogen-bond acceptors (Lipinski definition) is 4. The maximum absolute atomic E-state index is 12.1. The summed E-state index contributed by atoms with van der Waals surface area (Å²) in [5, 5.41) is 28.5. The maximum atomic E-state index is 12.1. The Morgan fingerprint density at radius 2 is 1.85 bits per heavy atom. The van der Waals surface area contributed by atoms with Gasteiger partial charge in [0, 0.05) is 24.0 Å². The first-order chi connectivity index (χ1) is 9.47. The molecule has 0 bridgehead atoms. The van der Waals surface area contributed by atoms with Crippen molar-refractivity contribution in [1.29, 1.82) is 0 Å². The lowest BCUT2D eigenvalue weighted by atomic mass is 9.89. The second-order valence-electron chi connectivity index (χ2n) is 5.13. The van der Waals surface area contributed by atoms with Crippen molar-refractivity contribution in [2.24, 2.45) is 5.92 Å². The standard InChI is InChI=1S/C16H18O4/c1-10-8-13(16(20)9-15(10)19)14(18)7-4-11-2-5-12(17)6-3-11/h2-3,5-6,9-10,17,19-20H,4,7-8H2,1H3. The molecule has 0 radical (unpaired) electrons. The smallest absolute Gasteiger partial charge is 0.162 e. The lowest BCUT2D eigenvalue weighted by Crippen LogP contribution is -2.15. The minimum absolute atomic E-state index is 0.105. The molecule has 2 rings (SSSR count). The van der Waals surface area contributed by atoms with Gasteiger partial charge in [-0.1, -0.05) is 19.1 Å². The molecule has 1 aromatic carbocycles. The molecule has 1 aromatic rings. The van der Waals surface area contributed by atoms with Crippen LogP contribution in [0, 0.1) is 5.92 Å². The largest absolute Gasteiger partial charge is 0.512 e. The van der Waals surface area contributed by atoms with Crippen LogP contribution >= 0.6 is 0 Å². The van der Waals surface area contributed by atoms with Crippen molar-refractivity contribution in [2.75, 3.05) is 0 Å². The van der Waals surface area contributed by atoms with E-state index in [4.69, 9.17) is 0 Å². The van der Waals surface area contributed by atoms with Gasteiger partial charge in [-0.05, 0) is 30.5 Å².